The van der Waals surface area contributed by atoms with Crippen molar-refractivity contribution in [3.63, 3.8) is 0 Å². The molecule has 0 amide bonds. The fourth-order valence-corrected chi connectivity index (χ4v) is 4.25. The summed E-state index contributed by atoms with van der Waals surface area (Å²) in [5.74, 6) is -0.120. The van der Waals surface area contributed by atoms with E-state index < -0.39 is 0 Å². The first-order valence-electron chi connectivity index (χ1n) is 10.8. The lowest BCUT2D eigenvalue weighted by Gasteiger charge is -2.32. The van der Waals surface area contributed by atoms with Gasteiger partial charge in [0, 0.05) is 19.1 Å². The molecule has 1 heterocycles. The third-order valence-electron chi connectivity index (χ3n) is 6.01. The number of hydrogen-bond donors (Lipinski definition) is 0. The van der Waals surface area contributed by atoms with Crippen molar-refractivity contribution in [2.24, 2.45) is 5.92 Å². The van der Waals surface area contributed by atoms with E-state index in [-0.39, 0.29) is 24.0 Å². The molecule has 0 unspecified atom stereocenters. The van der Waals surface area contributed by atoms with Crippen LogP contribution < -0.4 is 0 Å². The van der Waals surface area contributed by atoms with Gasteiger partial charge in [-0.25, -0.2) is 0 Å². The number of carbonyl (C=O) groups excluding carboxylic acids is 1. The maximum Gasteiger partial charge on any atom is 0.309 e. The summed E-state index contributed by atoms with van der Waals surface area (Å²) in [6.45, 7) is 3.84. The van der Waals surface area contributed by atoms with Crippen LogP contribution in [0.2, 0.25) is 0 Å². The van der Waals surface area contributed by atoms with E-state index in [0.29, 0.717) is 0 Å². The van der Waals surface area contributed by atoms with Crippen molar-refractivity contribution in [2.45, 2.75) is 45.0 Å². The molecule has 0 bridgehead atoms. The molecule has 3 heteroatoms. The molecule has 3 aromatic rings. The van der Waals surface area contributed by atoms with Gasteiger partial charge in [0.05, 0.1) is 5.92 Å². The fraction of sp³-hybridized carbons (Fsp3) is 0.296. The largest absolute Gasteiger partial charge is 0.460 e. The summed E-state index contributed by atoms with van der Waals surface area (Å²) in [4.78, 5) is 15.0. The molecule has 0 aliphatic carbocycles. The smallest absolute Gasteiger partial charge is 0.309 e. The number of carbonyl (C=O) groups is 1. The molecule has 0 saturated carbocycles. The highest BCUT2D eigenvalue weighted by Gasteiger charge is 2.39. The third-order valence-corrected chi connectivity index (χ3v) is 6.01. The zero-order valence-electron chi connectivity index (χ0n) is 17.5. The van der Waals surface area contributed by atoms with Crippen molar-refractivity contribution in [3.8, 4) is 0 Å². The van der Waals surface area contributed by atoms with Crippen molar-refractivity contribution in [3.05, 3.63) is 108 Å². The predicted molar refractivity (Wildman–Crippen MR) is 120 cm³/mol. The molecule has 1 saturated heterocycles. The Morgan fingerprint density at radius 1 is 0.800 bits per heavy atom. The van der Waals surface area contributed by atoms with Gasteiger partial charge in [-0.05, 0) is 36.5 Å². The maximum atomic E-state index is 12.6. The van der Waals surface area contributed by atoms with Gasteiger partial charge in [0.15, 0.2) is 0 Å². The van der Waals surface area contributed by atoms with Crippen LogP contribution in [0.4, 0.5) is 0 Å². The van der Waals surface area contributed by atoms with Crippen molar-refractivity contribution < 1.29 is 9.53 Å². The molecule has 1 fully saturated rings. The highest BCUT2D eigenvalue weighted by atomic mass is 16.6. The van der Waals surface area contributed by atoms with Crippen LogP contribution in [0.3, 0.4) is 0 Å². The molecule has 3 aromatic carbocycles. The monoisotopic (exact) mass is 399 g/mol. The van der Waals surface area contributed by atoms with Crippen LogP contribution in [-0.4, -0.2) is 23.0 Å². The molecular formula is C27H29NO2. The average Bonchev–Trinajstić information content (AvgIpc) is 3.15. The summed E-state index contributed by atoms with van der Waals surface area (Å²) in [7, 11) is 0. The second kappa shape index (κ2) is 9.73. The number of rotatable bonds is 8. The zero-order chi connectivity index (χ0) is 20.8. The Morgan fingerprint density at radius 2 is 1.27 bits per heavy atom. The van der Waals surface area contributed by atoms with Crippen LogP contribution >= 0.6 is 0 Å². The van der Waals surface area contributed by atoms with E-state index in [0.717, 1.165) is 25.9 Å². The first-order valence-corrected chi connectivity index (χ1v) is 10.8. The van der Waals surface area contributed by atoms with Gasteiger partial charge < -0.3 is 4.74 Å². The minimum atomic E-state index is -0.0846. The number of nitrogens with zero attached hydrogens (tertiary/aromatic N) is 1. The lowest BCUT2D eigenvalue weighted by molar-refractivity contribution is -0.146. The molecule has 0 spiro atoms. The maximum absolute atomic E-state index is 12.6. The Morgan fingerprint density at radius 3 is 1.77 bits per heavy atom. The normalized spacial score (nSPS) is 19.6. The van der Waals surface area contributed by atoms with E-state index >= 15 is 0 Å². The minimum Gasteiger partial charge on any atom is -0.460 e. The summed E-state index contributed by atoms with van der Waals surface area (Å²) in [5, 5.41) is 0. The predicted octanol–water partition coefficient (Wildman–Crippen LogP) is 5.25. The van der Waals surface area contributed by atoms with E-state index in [1.54, 1.807) is 0 Å². The van der Waals surface area contributed by atoms with Gasteiger partial charge in [-0.3, -0.25) is 9.69 Å². The summed E-state index contributed by atoms with van der Waals surface area (Å²) in [6.07, 6.45) is 1.44. The van der Waals surface area contributed by atoms with Gasteiger partial charge >= 0.3 is 5.97 Å². The fourth-order valence-electron chi connectivity index (χ4n) is 4.25. The van der Waals surface area contributed by atoms with Gasteiger partial charge in [0.1, 0.15) is 6.10 Å². The summed E-state index contributed by atoms with van der Waals surface area (Å²) in [6, 6.07) is 31.4. The number of esters is 1. The van der Waals surface area contributed by atoms with E-state index in [1.165, 1.54) is 16.7 Å². The van der Waals surface area contributed by atoms with Gasteiger partial charge in [0.25, 0.3) is 0 Å². The van der Waals surface area contributed by atoms with Crippen LogP contribution in [-0.2, 0) is 29.0 Å². The summed E-state index contributed by atoms with van der Waals surface area (Å²) in [5.41, 5.74) is 3.73. The van der Waals surface area contributed by atoms with Crippen LogP contribution in [0, 0.1) is 5.92 Å². The summed E-state index contributed by atoms with van der Waals surface area (Å²) < 4.78 is 5.88. The standard InChI is InChI=1S/C27H29NO2/c1-21(26-18-25(27(29)30-26)17-22-11-5-2-6-12-22)28(19-23-13-7-3-8-14-23)20-24-15-9-4-10-16-24/h2-16,21,25-26H,17-20H2,1H3/t21-,25+,26-/m0/s1. The number of cyclic esters (lactones) is 1. The highest BCUT2D eigenvalue weighted by Crippen LogP contribution is 2.30. The molecule has 0 N–H and O–H groups in total. The Kier molecular flexibility index (Phi) is 6.60. The van der Waals surface area contributed by atoms with Crippen LogP contribution in [0.5, 0.6) is 0 Å². The van der Waals surface area contributed by atoms with Crippen LogP contribution in [0.15, 0.2) is 91.0 Å². The van der Waals surface area contributed by atoms with E-state index in [9.17, 15) is 4.79 Å². The lowest BCUT2D eigenvalue weighted by atomic mass is 9.94. The van der Waals surface area contributed by atoms with Crippen LogP contribution in [0.1, 0.15) is 30.0 Å². The van der Waals surface area contributed by atoms with Crippen molar-refractivity contribution in [2.75, 3.05) is 0 Å². The number of hydrogen-bond acceptors (Lipinski definition) is 3. The average molecular weight is 400 g/mol. The molecule has 0 radical (unpaired) electrons. The first-order chi connectivity index (χ1) is 14.7. The van der Waals surface area contributed by atoms with Gasteiger partial charge in [-0.1, -0.05) is 91.0 Å². The van der Waals surface area contributed by atoms with E-state index in [1.807, 2.05) is 30.3 Å². The van der Waals surface area contributed by atoms with Crippen molar-refractivity contribution in [1.82, 2.24) is 4.90 Å². The molecule has 0 aromatic heterocycles. The Labute approximate surface area is 179 Å². The zero-order valence-corrected chi connectivity index (χ0v) is 17.5. The van der Waals surface area contributed by atoms with Crippen molar-refractivity contribution in [1.29, 1.82) is 0 Å². The van der Waals surface area contributed by atoms with Crippen molar-refractivity contribution >= 4 is 5.97 Å². The van der Waals surface area contributed by atoms with Gasteiger partial charge in [-0.15, -0.1) is 0 Å². The Balaban J connectivity index is 1.47. The molecule has 1 aliphatic rings. The molecule has 3 atom stereocenters. The Hall–Kier alpha value is -2.91. The molecule has 30 heavy (non-hydrogen) atoms. The molecule has 1 aliphatic heterocycles. The second-order valence-electron chi connectivity index (χ2n) is 8.21. The number of benzene rings is 3. The first kappa shape index (κ1) is 20.4. The molecule has 3 nitrogen and oxygen atoms in total. The van der Waals surface area contributed by atoms with Gasteiger partial charge in [-0.2, -0.15) is 0 Å². The van der Waals surface area contributed by atoms with Crippen LogP contribution in [0.25, 0.3) is 0 Å². The topological polar surface area (TPSA) is 29.5 Å². The second-order valence-corrected chi connectivity index (χ2v) is 8.21. The highest BCUT2D eigenvalue weighted by molar-refractivity contribution is 5.75. The third kappa shape index (κ3) is 5.17. The lowest BCUT2D eigenvalue weighted by Crippen LogP contribution is -2.40. The van der Waals surface area contributed by atoms with E-state index in [4.69, 9.17) is 4.74 Å². The number of ether oxygens (including phenoxy) is 1. The molecular weight excluding hydrogens is 370 g/mol. The quantitative estimate of drug-likeness (QED) is 0.485. The molecule has 4 rings (SSSR count). The minimum absolute atomic E-state index is 0.0600. The van der Waals surface area contributed by atoms with Gasteiger partial charge in [0.2, 0.25) is 0 Å². The summed E-state index contributed by atoms with van der Waals surface area (Å²) >= 11 is 0. The molecule has 154 valence electrons. The van der Waals surface area contributed by atoms with E-state index in [2.05, 4.69) is 72.5 Å². The Bertz CT molecular complexity index is 885. The SMILES string of the molecule is C[C@@H]([C@@H]1C[C@@H](Cc2ccccc2)C(=O)O1)N(Cc1ccccc1)Cc1ccccc1.